The Balaban J connectivity index is 2.35. The summed E-state index contributed by atoms with van der Waals surface area (Å²) in [6.45, 7) is 6.77. The molecule has 168 valence electrons. The van der Waals surface area contributed by atoms with Gasteiger partial charge in [-0.1, -0.05) is 62.2 Å². The third-order valence-corrected chi connectivity index (χ3v) is 5.66. The third kappa shape index (κ3) is 7.15. The molecule has 0 aliphatic carbocycles. The van der Waals surface area contributed by atoms with Crippen molar-refractivity contribution in [2.24, 2.45) is 5.92 Å². The van der Waals surface area contributed by atoms with E-state index in [1.165, 1.54) is 0 Å². The van der Waals surface area contributed by atoms with E-state index in [9.17, 15) is 9.59 Å². The van der Waals surface area contributed by atoms with Crippen LogP contribution in [0, 0.1) is 5.92 Å². The molecule has 0 spiro atoms. The molecule has 2 amide bonds. The van der Waals surface area contributed by atoms with Crippen LogP contribution in [0.3, 0.4) is 0 Å². The van der Waals surface area contributed by atoms with Gasteiger partial charge in [0.15, 0.2) is 0 Å². The maximum Gasteiger partial charge on any atom is 0.242 e. The number of amides is 2. The number of nitrogens with one attached hydrogen (secondary N) is 1. The number of carbonyl (C=O) groups excluding carboxylic acids is 2. The second kappa shape index (κ2) is 12.0. The van der Waals surface area contributed by atoms with E-state index in [1.807, 2.05) is 45.0 Å². The van der Waals surface area contributed by atoms with Gasteiger partial charge in [0.25, 0.3) is 0 Å². The molecule has 7 heteroatoms. The normalized spacial score (nSPS) is 11.8. The average molecular weight is 465 g/mol. The molecule has 0 saturated heterocycles. The van der Waals surface area contributed by atoms with E-state index in [2.05, 4.69) is 5.32 Å². The number of hydrogen-bond acceptors (Lipinski definition) is 3. The van der Waals surface area contributed by atoms with Gasteiger partial charge in [0.2, 0.25) is 11.8 Å². The Morgan fingerprint density at radius 1 is 1.10 bits per heavy atom. The lowest BCUT2D eigenvalue weighted by Crippen LogP contribution is -2.50. The molecule has 0 unspecified atom stereocenters. The van der Waals surface area contributed by atoms with Crippen LogP contribution in [0.2, 0.25) is 10.0 Å². The van der Waals surface area contributed by atoms with Crippen molar-refractivity contribution in [1.82, 2.24) is 10.2 Å². The predicted molar refractivity (Wildman–Crippen MR) is 126 cm³/mol. The zero-order valence-corrected chi connectivity index (χ0v) is 20.0. The van der Waals surface area contributed by atoms with Crippen molar-refractivity contribution in [3.8, 4) is 5.75 Å². The molecule has 2 rings (SSSR count). The van der Waals surface area contributed by atoms with Crippen LogP contribution in [0.15, 0.2) is 42.5 Å². The van der Waals surface area contributed by atoms with E-state index in [4.69, 9.17) is 27.9 Å². The van der Waals surface area contributed by atoms with Gasteiger partial charge < -0.3 is 15.0 Å². The molecule has 0 aromatic heterocycles. The summed E-state index contributed by atoms with van der Waals surface area (Å²) in [4.78, 5) is 28.0. The number of ether oxygens (including phenoxy) is 1. The maximum absolute atomic E-state index is 13.4. The molecule has 2 aromatic rings. The molecule has 0 aliphatic rings. The van der Waals surface area contributed by atoms with Crippen LogP contribution in [0.5, 0.6) is 5.75 Å². The monoisotopic (exact) mass is 464 g/mol. The summed E-state index contributed by atoms with van der Waals surface area (Å²) in [5, 5.41) is 3.81. The minimum Gasteiger partial charge on any atom is -0.497 e. The SMILES string of the molecule is CC[C@@H](C(=O)NCC(C)C)N(Cc1cccc(OC)c1)C(=O)Cc1c(Cl)cccc1Cl. The quantitative estimate of drug-likeness (QED) is 0.530. The minimum absolute atomic E-state index is 0.0104. The molecule has 1 atom stereocenters. The first-order valence-electron chi connectivity index (χ1n) is 10.4. The summed E-state index contributed by atoms with van der Waals surface area (Å²) >= 11 is 12.6. The highest BCUT2D eigenvalue weighted by Gasteiger charge is 2.29. The molecule has 5 nitrogen and oxygen atoms in total. The fourth-order valence-corrected chi connectivity index (χ4v) is 3.79. The van der Waals surface area contributed by atoms with Crippen molar-refractivity contribution < 1.29 is 14.3 Å². The molecule has 31 heavy (non-hydrogen) atoms. The predicted octanol–water partition coefficient (Wildman–Crippen LogP) is 5.12. The Hall–Kier alpha value is -2.24. The Morgan fingerprint density at radius 3 is 2.32 bits per heavy atom. The summed E-state index contributed by atoms with van der Waals surface area (Å²) < 4.78 is 5.31. The topological polar surface area (TPSA) is 58.6 Å². The molecule has 1 N–H and O–H groups in total. The summed E-state index contributed by atoms with van der Waals surface area (Å²) in [5.41, 5.74) is 1.43. The molecule has 0 aliphatic heterocycles. The van der Waals surface area contributed by atoms with Gasteiger partial charge in [-0.15, -0.1) is 0 Å². The van der Waals surface area contributed by atoms with Crippen LogP contribution in [-0.4, -0.2) is 36.4 Å². The number of hydrogen-bond donors (Lipinski definition) is 1. The van der Waals surface area contributed by atoms with Crippen LogP contribution in [0.4, 0.5) is 0 Å². The Morgan fingerprint density at radius 2 is 1.74 bits per heavy atom. The third-order valence-electron chi connectivity index (χ3n) is 4.95. The number of nitrogens with zero attached hydrogens (tertiary/aromatic N) is 1. The van der Waals surface area contributed by atoms with E-state index in [0.29, 0.717) is 40.2 Å². The largest absolute Gasteiger partial charge is 0.497 e. The first-order valence-corrected chi connectivity index (χ1v) is 11.1. The number of methoxy groups -OCH3 is 1. The van der Waals surface area contributed by atoms with Crippen LogP contribution in [-0.2, 0) is 22.6 Å². The zero-order chi connectivity index (χ0) is 23.0. The van der Waals surface area contributed by atoms with Gasteiger partial charge in [0.1, 0.15) is 11.8 Å². The first-order chi connectivity index (χ1) is 14.8. The molecule has 0 radical (unpaired) electrons. The summed E-state index contributed by atoms with van der Waals surface area (Å²) in [6, 6.07) is 12.0. The van der Waals surface area contributed by atoms with E-state index < -0.39 is 6.04 Å². The van der Waals surface area contributed by atoms with Crippen molar-refractivity contribution in [1.29, 1.82) is 0 Å². The maximum atomic E-state index is 13.4. The standard InChI is InChI=1S/C24H30Cl2N2O3/c1-5-22(24(30)27-14-16(2)3)28(15-17-8-6-9-18(12-17)31-4)23(29)13-19-20(25)10-7-11-21(19)26/h6-12,16,22H,5,13-15H2,1-4H3,(H,27,30)/t22-/m0/s1. The molecule has 0 heterocycles. The van der Waals surface area contributed by atoms with Gasteiger partial charge in [-0.3, -0.25) is 9.59 Å². The highest BCUT2D eigenvalue weighted by atomic mass is 35.5. The van der Waals surface area contributed by atoms with Gasteiger partial charge in [-0.25, -0.2) is 0 Å². The van der Waals surface area contributed by atoms with Gasteiger partial charge >= 0.3 is 0 Å². The number of benzene rings is 2. The second-order valence-corrected chi connectivity index (χ2v) is 8.63. The summed E-state index contributed by atoms with van der Waals surface area (Å²) in [5.74, 6) is 0.615. The van der Waals surface area contributed by atoms with Gasteiger partial charge in [0, 0.05) is 23.1 Å². The number of halogens is 2. The van der Waals surface area contributed by atoms with E-state index in [-0.39, 0.29) is 24.8 Å². The number of carbonyl (C=O) groups is 2. The van der Waals surface area contributed by atoms with Gasteiger partial charge in [-0.05, 0) is 47.7 Å². The summed E-state index contributed by atoms with van der Waals surface area (Å²) in [7, 11) is 1.59. The van der Waals surface area contributed by atoms with E-state index in [1.54, 1.807) is 30.2 Å². The van der Waals surface area contributed by atoms with Crippen molar-refractivity contribution in [3.63, 3.8) is 0 Å². The summed E-state index contributed by atoms with van der Waals surface area (Å²) in [6.07, 6.45) is 0.492. The van der Waals surface area contributed by atoms with Crippen LogP contribution < -0.4 is 10.1 Å². The Kier molecular flexibility index (Phi) is 9.66. The lowest BCUT2D eigenvalue weighted by atomic mass is 10.1. The molecular formula is C24H30Cl2N2O3. The molecular weight excluding hydrogens is 435 g/mol. The molecule has 2 aromatic carbocycles. The highest BCUT2D eigenvalue weighted by Crippen LogP contribution is 2.26. The Bertz CT molecular complexity index is 882. The lowest BCUT2D eigenvalue weighted by Gasteiger charge is -2.31. The molecule has 0 saturated carbocycles. The average Bonchev–Trinajstić information content (AvgIpc) is 2.74. The first kappa shape index (κ1) is 25.0. The fourth-order valence-electron chi connectivity index (χ4n) is 3.26. The smallest absolute Gasteiger partial charge is 0.242 e. The van der Waals surface area contributed by atoms with E-state index in [0.717, 1.165) is 5.56 Å². The van der Waals surface area contributed by atoms with Crippen LogP contribution in [0.25, 0.3) is 0 Å². The van der Waals surface area contributed by atoms with Gasteiger partial charge in [-0.2, -0.15) is 0 Å². The molecule has 0 bridgehead atoms. The van der Waals surface area contributed by atoms with Crippen molar-refractivity contribution in [2.75, 3.05) is 13.7 Å². The second-order valence-electron chi connectivity index (χ2n) is 7.81. The van der Waals surface area contributed by atoms with E-state index >= 15 is 0 Å². The lowest BCUT2D eigenvalue weighted by molar-refractivity contribution is -0.141. The van der Waals surface area contributed by atoms with Gasteiger partial charge in [0.05, 0.1) is 13.5 Å². The highest BCUT2D eigenvalue weighted by molar-refractivity contribution is 6.36. The molecule has 0 fully saturated rings. The van der Waals surface area contributed by atoms with Crippen molar-refractivity contribution >= 4 is 35.0 Å². The van der Waals surface area contributed by atoms with Crippen LogP contribution >= 0.6 is 23.2 Å². The van der Waals surface area contributed by atoms with Crippen molar-refractivity contribution in [3.05, 3.63) is 63.6 Å². The fraction of sp³-hybridized carbons (Fsp3) is 0.417. The Labute approximate surface area is 194 Å². The zero-order valence-electron chi connectivity index (χ0n) is 18.5. The van der Waals surface area contributed by atoms with Crippen molar-refractivity contribution in [2.45, 2.75) is 46.2 Å². The van der Waals surface area contributed by atoms with Crippen LogP contribution in [0.1, 0.15) is 38.3 Å². The minimum atomic E-state index is -0.612. The number of rotatable bonds is 10.